The van der Waals surface area contributed by atoms with Crippen molar-refractivity contribution in [3.8, 4) is 0 Å². The molecule has 0 bridgehead atoms. The summed E-state index contributed by atoms with van der Waals surface area (Å²) in [5.74, 6) is -3.37. The van der Waals surface area contributed by atoms with Crippen LogP contribution in [-0.2, 0) is 43.9 Å². The number of rotatable bonds is 11. The fourth-order valence-electron chi connectivity index (χ4n) is 6.67. The Bertz CT molecular complexity index is 2090. The van der Waals surface area contributed by atoms with Crippen LogP contribution in [0.25, 0.3) is 10.9 Å². The van der Waals surface area contributed by atoms with E-state index in [-0.39, 0.29) is 55.9 Å². The topological polar surface area (TPSA) is 198 Å². The number of fused-ring (bicyclic) bond motifs is 3. The van der Waals surface area contributed by atoms with E-state index in [9.17, 15) is 36.0 Å². The van der Waals surface area contributed by atoms with Crippen LogP contribution < -0.4 is 16.4 Å². The Kier molecular flexibility index (Phi) is 13.7. The Labute approximate surface area is 321 Å². The van der Waals surface area contributed by atoms with Gasteiger partial charge in [-0.05, 0) is 55.1 Å². The molecule has 6 N–H and O–H groups in total. The second kappa shape index (κ2) is 18.4. The highest BCUT2D eigenvalue weighted by atomic mass is 32.2. The van der Waals surface area contributed by atoms with Gasteiger partial charge in [0.2, 0.25) is 21.8 Å². The molecule has 14 nitrogen and oxygen atoms in total. The van der Waals surface area contributed by atoms with Gasteiger partial charge in [0.05, 0.1) is 11.4 Å². The molecule has 2 aliphatic rings. The van der Waals surface area contributed by atoms with Crippen LogP contribution in [0.3, 0.4) is 0 Å². The maximum atomic E-state index is 14.4. The molecule has 4 aromatic rings. The number of aromatic nitrogens is 1. The van der Waals surface area contributed by atoms with E-state index < -0.39 is 40.3 Å². The molecule has 1 saturated heterocycles. The normalized spacial score (nSPS) is 16.9. The summed E-state index contributed by atoms with van der Waals surface area (Å²) < 4.78 is 59.4. The van der Waals surface area contributed by atoms with E-state index in [1.165, 1.54) is 4.31 Å². The minimum Gasteiger partial charge on any atom is -0.475 e. The zero-order chi connectivity index (χ0) is 40.5. The number of H-pyrrole nitrogens is 1. The van der Waals surface area contributed by atoms with Crippen LogP contribution >= 0.6 is 0 Å². The number of sulfonamides is 1. The fraction of sp³-hybridized carbons (Fsp3) is 0.368. The summed E-state index contributed by atoms with van der Waals surface area (Å²) in [4.78, 5) is 57.7. The predicted octanol–water partition coefficient (Wildman–Crippen LogP) is 3.58. The number of alkyl halides is 3. The van der Waals surface area contributed by atoms with Gasteiger partial charge in [0, 0.05) is 55.7 Å². The molecule has 300 valence electrons. The molecular weight excluding hydrogens is 756 g/mol. The Hall–Kier alpha value is -5.46. The summed E-state index contributed by atoms with van der Waals surface area (Å²) in [5, 5.41) is 14.1. The van der Waals surface area contributed by atoms with Crippen molar-refractivity contribution in [1.29, 1.82) is 0 Å². The molecule has 1 aromatic heterocycles. The van der Waals surface area contributed by atoms with Crippen molar-refractivity contribution in [2.45, 2.75) is 61.9 Å². The molecule has 18 heteroatoms. The highest BCUT2D eigenvalue weighted by Gasteiger charge is 2.40. The number of aliphatic carboxylic acids is 1. The molecule has 2 atom stereocenters. The summed E-state index contributed by atoms with van der Waals surface area (Å²) >= 11 is 0. The van der Waals surface area contributed by atoms with Crippen LogP contribution in [0.5, 0.6) is 0 Å². The number of carboxylic acids is 1. The molecule has 2 aliphatic heterocycles. The van der Waals surface area contributed by atoms with E-state index in [0.717, 1.165) is 27.7 Å². The SMILES string of the molecule is NCCCC[C@@H](C(=O)NCc1ccccc1)N1Cc2[nH]c3ccccc3c2C[C@@H](NC(=O)N2CCN(S(=O)(=O)c3ccccc3)CC2)C1=O.O=C(O)C(F)(F)F. The second-order valence-electron chi connectivity index (χ2n) is 13.3. The summed E-state index contributed by atoms with van der Waals surface area (Å²) in [6, 6.07) is 23.5. The largest absolute Gasteiger partial charge is 0.490 e. The number of hydrogen-bond acceptors (Lipinski definition) is 7. The van der Waals surface area contributed by atoms with Crippen molar-refractivity contribution in [2.24, 2.45) is 5.73 Å². The van der Waals surface area contributed by atoms with Gasteiger partial charge in [0.25, 0.3) is 0 Å². The van der Waals surface area contributed by atoms with Crippen LogP contribution in [0.1, 0.15) is 36.1 Å². The van der Waals surface area contributed by atoms with Crippen molar-refractivity contribution in [3.63, 3.8) is 0 Å². The minimum absolute atomic E-state index is 0.132. The molecule has 3 heterocycles. The van der Waals surface area contributed by atoms with Gasteiger partial charge in [-0.1, -0.05) is 66.7 Å². The molecule has 1 fully saturated rings. The maximum Gasteiger partial charge on any atom is 0.490 e. The highest BCUT2D eigenvalue weighted by molar-refractivity contribution is 7.89. The van der Waals surface area contributed by atoms with Crippen molar-refractivity contribution >= 4 is 44.7 Å². The minimum atomic E-state index is -5.08. The van der Waals surface area contributed by atoms with Crippen molar-refractivity contribution in [1.82, 2.24) is 29.7 Å². The second-order valence-corrected chi connectivity index (χ2v) is 15.2. The van der Waals surface area contributed by atoms with Gasteiger partial charge >= 0.3 is 18.2 Å². The molecular formula is C38H44F3N7O7S. The Morgan fingerprint density at radius 3 is 2.14 bits per heavy atom. The number of benzene rings is 3. The average Bonchev–Trinajstić information content (AvgIpc) is 3.48. The average molecular weight is 800 g/mol. The first kappa shape index (κ1) is 41.7. The first-order valence-electron chi connectivity index (χ1n) is 18.0. The lowest BCUT2D eigenvalue weighted by Crippen LogP contribution is -2.58. The monoisotopic (exact) mass is 799 g/mol. The molecule has 0 unspecified atom stereocenters. The maximum absolute atomic E-state index is 14.4. The van der Waals surface area contributed by atoms with Crippen LogP contribution in [0.2, 0.25) is 0 Å². The molecule has 0 spiro atoms. The number of piperazine rings is 1. The number of urea groups is 1. The lowest BCUT2D eigenvalue weighted by atomic mass is 10.0. The lowest BCUT2D eigenvalue weighted by molar-refractivity contribution is -0.192. The highest BCUT2D eigenvalue weighted by Crippen LogP contribution is 2.30. The number of carbonyl (C=O) groups excluding carboxylic acids is 3. The van der Waals surface area contributed by atoms with Crippen LogP contribution in [-0.4, -0.2) is 107 Å². The van der Waals surface area contributed by atoms with Gasteiger partial charge in [-0.15, -0.1) is 0 Å². The number of nitrogens with zero attached hydrogens (tertiary/aromatic N) is 3. The van der Waals surface area contributed by atoms with Crippen LogP contribution in [0.4, 0.5) is 18.0 Å². The van der Waals surface area contributed by atoms with Crippen molar-refractivity contribution < 1.29 is 45.9 Å². The van der Waals surface area contributed by atoms with Gasteiger partial charge in [0.1, 0.15) is 12.1 Å². The number of hydrogen-bond donors (Lipinski definition) is 5. The third-order valence-electron chi connectivity index (χ3n) is 9.59. The molecule has 56 heavy (non-hydrogen) atoms. The fourth-order valence-corrected chi connectivity index (χ4v) is 8.11. The van der Waals surface area contributed by atoms with Gasteiger partial charge in [-0.2, -0.15) is 17.5 Å². The predicted molar refractivity (Wildman–Crippen MR) is 200 cm³/mol. The van der Waals surface area contributed by atoms with Gasteiger partial charge in [-0.3, -0.25) is 9.59 Å². The molecule has 3 aromatic carbocycles. The molecule has 6 rings (SSSR count). The number of aromatic amines is 1. The number of amides is 4. The van der Waals surface area contributed by atoms with Crippen LogP contribution in [0, 0.1) is 0 Å². The summed E-state index contributed by atoms with van der Waals surface area (Å²) in [6.45, 7) is 1.57. The molecule has 0 saturated carbocycles. The Morgan fingerprint density at radius 2 is 1.52 bits per heavy atom. The first-order chi connectivity index (χ1) is 26.7. The van der Waals surface area contributed by atoms with E-state index in [1.54, 1.807) is 40.1 Å². The number of nitrogens with one attached hydrogen (secondary N) is 3. The van der Waals surface area contributed by atoms with E-state index in [2.05, 4.69) is 15.6 Å². The summed E-state index contributed by atoms with van der Waals surface area (Å²) in [5.41, 5.74) is 9.40. The number of nitrogens with two attached hydrogens (primary N) is 1. The first-order valence-corrected chi connectivity index (χ1v) is 19.5. The number of carboxylic acid groups (broad SMARTS) is 1. The number of para-hydroxylation sites is 1. The van der Waals surface area contributed by atoms with E-state index in [4.69, 9.17) is 15.6 Å². The van der Waals surface area contributed by atoms with E-state index in [1.807, 2.05) is 54.6 Å². The lowest BCUT2D eigenvalue weighted by Gasteiger charge is -2.36. The Balaban J connectivity index is 0.000000784. The number of carbonyl (C=O) groups is 4. The third-order valence-corrected chi connectivity index (χ3v) is 11.5. The summed E-state index contributed by atoms with van der Waals surface area (Å²) in [6.07, 6.45) is -3.08. The van der Waals surface area contributed by atoms with E-state index >= 15 is 0 Å². The zero-order valence-electron chi connectivity index (χ0n) is 30.4. The zero-order valence-corrected chi connectivity index (χ0v) is 31.2. The van der Waals surface area contributed by atoms with Crippen LogP contribution in [0.15, 0.2) is 89.8 Å². The van der Waals surface area contributed by atoms with Gasteiger partial charge in [-0.25, -0.2) is 18.0 Å². The smallest absolute Gasteiger partial charge is 0.475 e. The molecule has 0 radical (unpaired) electrons. The number of unbranched alkanes of at least 4 members (excludes halogenated alkanes) is 1. The summed E-state index contributed by atoms with van der Waals surface area (Å²) in [7, 11) is -3.69. The standard InChI is InChI=1S/C36H43N7O5S.C2HF3O2/c37-18-10-9-17-33(34(44)38-24-26-11-3-1-4-12-26)43-25-32-29(28-15-7-8-16-30(28)39-32)23-31(35(43)45)40-36(46)41-19-21-42(22-20-41)49(47,48)27-13-5-2-6-14-27;3-2(4,5)1(6)7/h1-8,11-16,31,33,39H,9-10,17-25,37H2,(H,38,44)(H,40,46);(H,6,7)/t31-,33+;/m1./s1. The van der Waals surface area contributed by atoms with Crippen molar-refractivity contribution in [3.05, 3.63) is 102 Å². The number of halogens is 3. The third kappa shape index (κ3) is 10.2. The molecule has 0 aliphatic carbocycles. The Morgan fingerprint density at radius 1 is 0.911 bits per heavy atom. The quantitative estimate of drug-likeness (QED) is 0.142. The van der Waals surface area contributed by atoms with E-state index in [0.29, 0.717) is 32.4 Å². The van der Waals surface area contributed by atoms with Gasteiger partial charge in [0.15, 0.2) is 0 Å². The van der Waals surface area contributed by atoms with Gasteiger partial charge < -0.3 is 36.3 Å². The molecule has 4 amide bonds. The van der Waals surface area contributed by atoms with Crippen molar-refractivity contribution in [2.75, 3.05) is 32.7 Å².